The van der Waals surface area contributed by atoms with Gasteiger partial charge in [-0.05, 0) is 31.0 Å². The van der Waals surface area contributed by atoms with Gasteiger partial charge in [-0.25, -0.2) is 0 Å². The number of amides is 3. The van der Waals surface area contributed by atoms with Crippen LogP contribution in [0.15, 0.2) is 48.8 Å². The number of nitrogens with zero attached hydrogens (tertiary/aromatic N) is 2. The lowest BCUT2D eigenvalue weighted by Gasteiger charge is -2.32. The van der Waals surface area contributed by atoms with Gasteiger partial charge in [0.1, 0.15) is 6.04 Å². The predicted molar refractivity (Wildman–Crippen MR) is 112 cm³/mol. The van der Waals surface area contributed by atoms with E-state index in [0.717, 1.165) is 12.1 Å². The minimum atomic E-state index is -0.622. The van der Waals surface area contributed by atoms with Crippen molar-refractivity contribution in [3.8, 4) is 0 Å². The molecule has 29 heavy (non-hydrogen) atoms. The van der Waals surface area contributed by atoms with E-state index in [1.807, 2.05) is 30.3 Å². The first-order chi connectivity index (χ1) is 13.8. The molecule has 7 nitrogen and oxygen atoms in total. The number of para-hydroxylation sites is 1. The number of hydrogen-bond donors (Lipinski definition) is 2. The van der Waals surface area contributed by atoms with Gasteiger partial charge in [-0.1, -0.05) is 39.0 Å². The number of carbonyl (C=O) groups excluding carboxylic acids is 3. The van der Waals surface area contributed by atoms with Gasteiger partial charge < -0.3 is 15.5 Å². The second kappa shape index (κ2) is 8.43. The summed E-state index contributed by atoms with van der Waals surface area (Å²) < 4.78 is 0. The van der Waals surface area contributed by atoms with Crippen molar-refractivity contribution in [2.75, 3.05) is 16.8 Å². The number of rotatable bonds is 4. The molecule has 2 aromatic rings. The minimum Gasteiger partial charge on any atom is -0.340 e. The van der Waals surface area contributed by atoms with Crippen molar-refractivity contribution in [1.29, 1.82) is 0 Å². The smallest absolute Gasteiger partial charge is 0.255 e. The maximum absolute atomic E-state index is 12.9. The molecule has 1 atom stereocenters. The molecule has 1 aromatic carbocycles. The van der Waals surface area contributed by atoms with E-state index in [1.165, 1.54) is 12.4 Å². The van der Waals surface area contributed by atoms with Crippen LogP contribution in [0.4, 0.5) is 11.4 Å². The van der Waals surface area contributed by atoms with Gasteiger partial charge in [-0.3, -0.25) is 19.4 Å². The fourth-order valence-electron chi connectivity index (χ4n) is 3.10. The predicted octanol–water partition coefficient (Wildman–Crippen LogP) is 2.99. The Morgan fingerprint density at radius 3 is 2.55 bits per heavy atom. The van der Waals surface area contributed by atoms with Crippen LogP contribution in [0.5, 0.6) is 0 Å². The van der Waals surface area contributed by atoms with Crippen LogP contribution < -0.4 is 15.5 Å². The molecule has 0 spiro atoms. The van der Waals surface area contributed by atoms with E-state index in [0.29, 0.717) is 18.7 Å². The number of carbonyl (C=O) groups is 3. The van der Waals surface area contributed by atoms with Gasteiger partial charge in [0.25, 0.3) is 5.91 Å². The molecule has 0 radical (unpaired) electrons. The van der Waals surface area contributed by atoms with Gasteiger partial charge in [-0.15, -0.1) is 0 Å². The summed E-state index contributed by atoms with van der Waals surface area (Å²) in [6, 6.07) is 10.4. The second-order valence-electron chi connectivity index (χ2n) is 8.12. The van der Waals surface area contributed by atoms with E-state index >= 15 is 0 Å². The lowest BCUT2D eigenvalue weighted by Crippen LogP contribution is -2.52. The fraction of sp³-hybridized carbons (Fsp3) is 0.364. The van der Waals surface area contributed by atoms with Gasteiger partial charge in [0.15, 0.2) is 0 Å². The zero-order valence-electron chi connectivity index (χ0n) is 16.9. The number of hydrogen-bond acceptors (Lipinski definition) is 4. The number of aromatic nitrogens is 1. The quantitative estimate of drug-likeness (QED) is 0.834. The summed E-state index contributed by atoms with van der Waals surface area (Å²) >= 11 is 0. The third-order valence-electron chi connectivity index (χ3n) is 4.81. The maximum atomic E-state index is 12.9. The number of nitrogens with one attached hydrogen (secondary N) is 2. The van der Waals surface area contributed by atoms with Gasteiger partial charge in [0.2, 0.25) is 11.8 Å². The first-order valence-electron chi connectivity index (χ1n) is 9.70. The molecule has 3 amide bonds. The van der Waals surface area contributed by atoms with Crippen LogP contribution in [0.25, 0.3) is 0 Å². The molecule has 2 heterocycles. The maximum Gasteiger partial charge on any atom is 0.255 e. The Balaban J connectivity index is 1.75. The Morgan fingerprint density at radius 2 is 1.86 bits per heavy atom. The molecule has 3 rings (SSSR count). The summed E-state index contributed by atoms with van der Waals surface area (Å²) in [4.78, 5) is 43.8. The van der Waals surface area contributed by atoms with Crippen LogP contribution in [-0.2, 0) is 9.59 Å². The zero-order valence-corrected chi connectivity index (χ0v) is 16.9. The van der Waals surface area contributed by atoms with Crippen molar-refractivity contribution in [2.45, 2.75) is 39.7 Å². The van der Waals surface area contributed by atoms with Crippen molar-refractivity contribution in [3.63, 3.8) is 0 Å². The third-order valence-corrected chi connectivity index (χ3v) is 4.81. The van der Waals surface area contributed by atoms with E-state index in [9.17, 15) is 14.4 Å². The summed E-state index contributed by atoms with van der Waals surface area (Å²) in [6.45, 7) is 6.00. The second-order valence-corrected chi connectivity index (χ2v) is 8.12. The lowest BCUT2D eigenvalue weighted by atomic mass is 9.95. The lowest BCUT2D eigenvalue weighted by molar-refractivity contribution is -0.123. The minimum absolute atomic E-state index is 0.139. The van der Waals surface area contributed by atoms with Crippen molar-refractivity contribution < 1.29 is 14.4 Å². The van der Waals surface area contributed by atoms with Crippen LogP contribution in [0.1, 0.15) is 44.0 Å². The number of benzene rings is 1. The van der Waals surface area contributed by atoms with Crippen LogP contribution in [0.3, 0.4) is 0 Å². The molecule has 0 aliphatic carbocycles. The largest absolute Gasteiger partial charge is 0.340 e. The molecule has 1 aromatic heterocycles. The average molecular weight is 394 g/mol. The summed E-state index contributed by atoms with van der Waals surface area (Å²) in [7, 11) is 0. The Hall–Kier alpha value is -3.22. The molecule has 7 heteroatoms. The first-order valence-corrected chi connectivity index (χ1v) is 9.70. The molecule has 0 bridgehead atoms. The molecule has 1 fully saturated rings. The summed E-state index contributed by atoms with van der Waals surface area (Å²) in [5.74, 6) is -0.780. The van der Waals surface area contributed by atoms with Gasteiger partial charge in [0, 0.05) is 30.0 Å². The molecule has 0 unspecified atom stereocenters. The number of anilines is 2. The van der Waals surface area contributed by atoms with E-state index < -0.39 is 17.4 Å². The average Bonchev–Trinajstić information content (AvgIpc) is 2.70. The molecular weight excluding hydrogens is 368 g/mol. The highest BCUT2D eigenvalue weighted by atomic mass is 16.2. The topological polar surface area (TPSA) is 91.4 Å². The Kier molecular flexibility index (Phi) is 5.96. The number of pyridine rings is 1. The highest BCUT2D eigenvalue weighted by Gasteiger charge is 2.31. The summed E-state index contributed by atoms with van der Waals surface area (Å²) in [6.07, 6.45) is 4.26. The first kappa shape index (κ1) is 20.5. The summed E-state index contributed by atoms with van der Waals surface area (Å²) in [5.41, 5.74) is 0.818. The Labute approximate surface area is 170 Å². The SMILES string of the molecule is CC(C)(C)C(=O)Nc1ccncc1C(=O)N[C@@H]1CCCN(c2ccccc2)C1=O. The highest BCUT2D eigenvalue weighted by molar-refractivity contribution is 6.07. The molecular formula is C22H26N4O3. The van der Waals surface area contributed by atoms with Crippen LogP contribution in [0, 0.1) is 5.41 Å². The van der Waals surface area contributed by atoms with Crippen molar-refractivity contribution in [3.05, 3.63) is 54.4 Å². The van der Waals surface area contributed by atoms with E-state index in [2.05, 4.69) is 15.6 Å². The molecule has 2 N–H and O–H groups in total. The normalized spacial score (nSPS) is 17.0. The molecule has 1 aliphatic rings. The Bertz CT molecular complexity index is 906. The van der Waals surface area contributed by atoms with Gasteiger partial charge in [-0.2, -0.15) is 0 Å². The third kappa shape index (κ3) is 4.80. The van der Waals surface area contributed by atoms with Crippen molar-refractivity contribution in [1.82, 2.24) is 10.3 Å². The van der Waals surface area contributed by atoms with Crippen molar-refractivity contribution >= 4 is 29.1 Å². The van der Waals surface area contributed by atoms with E-state index in [1.54, 1.807) is 31.7 Å². The fourth-order valence-corrected chi connectivity index (χ4v) is 3.10. The Morgan fingerprint density at radius 1 is 1.14 bits per heavy atom. The van der Waals surface area contributed by atoms with Crippen LogP contribution in [0.2, 0.25) is 0 Å². The van der Waals surface area contributed by atoms with Crippen molar-refractivity contribution in [2.24, 2.45) is 5.41 Å². The van der Waals surface area contributed by atoms with Gasteiger partial charge in [0.05, 0.1) is 11.3 Å². The van der Waals surface area contributed by atoms with Gasteiger partial charge >= 0.3 is 0 Å². The highest BCUT2D eigenvalue weighted by Crippen LogP contribution is 2.23. The van der Waals surface area contributed by atoms with E-state index in [-0.39, 0.29) is 17.4 Å². The standard InChI is InChI=1S/C22H26N4O3/c1-22(2,3)21(29)25-17-11-12-23-14-16(17)19(27)24-18-10-7-13-26(20(18)28)15-8-5-4-6-9-15/h4-6,8-9,11-12,14,18H,7,10,13H2,1-3H3,(H,24,27)(H,23,25,29)/t18-/m1/s1. The number of piperidine rings is 1. The van der Waals surface area contributed by atoms with Crippen LogP contribution >= 0.6 is 0 Å². The van der Waals surface area contributed by atoms with E-state index in [4.69, 9.17) is 0 Å². The molecule has 1 aliphatic heterocycles. The molecule has 0 saturated carbocycles. The monoisotopic (exact) mass is 394 g/mol. The zero-order chi connectivity index (χ0) is 21.0. The molecule has 1 saturated heterocycles. The molecule has 152 valence electrons. The summed E-state index contributed by atoms with van der Waals surface area (Å²) in [5, 5.41) is 5.59. The van der Waals surface area contributed by atoms with Crippen LogP contribution in [-0.4, -0.2) is 35.3 Å².